The second kappa shape index (κ2) is 9.19. The largest absolute Gasteiger partial charge is 0.497 e. The number of amides is 1. The molecule has 1 amide bonds. The van der Waals surface area contributed by atoms with Crippen LogP contribution in [0.4, 0.5) is 0 Å². The first-order chi connectivity index (χ1) is 15.5. The summed E-state index contributed by atoms with van der Waals surface area (Å²) in [6, 6.07) is 12.4. The molecule has 9 heteroatoms. The van der Waals surface area contributed by atoms with E-state index < -0.39 is 6.10 Å². The topological polar surface area (TPSA) is 104 Å². The summed E-state index contributed by atoms with van der Waals surface area (Å²) in [6.07, 6.45) is -0.396. The molecular weight excluding hydrogens is 414 g/mol. The fourth-order valence-electron chi connectivity index (χ4n) is 3.53. The average Bonchev–Trinajstić information content (AvgIpc) is 3.44. The SMILES string of the molecule is COc1ccc(OC)c(-c2cc(C(=O)NCC[C@H](O)c3ccc4c(c3)OCO4)n(C)n2)c1. The Morgan fingerprint density at radius 1 is 1.16 bits per heavy atom. The van der Waals surface area contributed by atoms with Gasteiger partial charge in [-0.2, -0.15) is 5.10 Å². The number of methoxy groups -OCH3 is 2. The zero-order valence-corrected chi connectivity index (χ0v) is 18.1. The van der Waals surface area contributed by atoms with Crippen molar-refractivity contribution in [3.05, 3.63) is 53.7 Å². The van der Waals surface area contributed by atoms with Crippen LogP contribution < -0.4 is 24.3 Å². The van der Waals surface area contributed by atoms with Crippen molar-refractivity contribution in [2.24, 2.45) is 7.05 Å². The normalized spacial score (nSPS) is 13.0. The summed E-state index contributed by atoms with van der Waals surface area (Å²) in [5, 5.41) is 17.8. The van der Waals surface area contributed by atoms with Gasteiger partial charge in [0.1, 0.15) is 17.2 Å². The van der Waals surface area contributed by atoms with Crippen LogP contribution in [0.2, 0.25) is 0 Å². The number of nitrogens with one attached hydrogen (secondary N) is 1. The smallest absolute Gasteiger partial charge is 0.269 e. The molecule has 0 fully saturated rings. The minimum absolute atomic E-state index is 0.180. The molecule has 0 bridgehead atoms. The lowest BCUT2D eigenvalue weighted by atomic mass is 10.1. The third-order valence-corrected chi connectivity index (χ3v) is 5.28. The molecule has 0 saturated heterocycles. The number of rotatable bonds is 8. The Bertz CT molecular complexity index is 1130. The molecule has 0 unspecified atom stereocenters. The monoisotopic (exact) mass is 439 g/mol. The Labute approximate surface area is 185 Å². The predicted molar refractivity (Wildman–Crippen MR) is 116 cm³/mol. The third kappa shape index (κ3) is 4.33. The Kier molecular flexibility index (Phi) is 6.18. The van der Waals surface area contributed by atoms with E-state index in [1.165, 1.54) is 4.68 Å². The number of ether oxygens (including phenoxy) is 4. The lowest BCUT2D eigenvalue weighted by molar-refractivity contribution is 0.0933. The maximum absolute atomic E-state index is 12.7. The van der Waals surface area contributed by atoms with Gasteiger partial charge >= 0.3 is 0 Å². The summed E-state index contributed by atoms with van der Waals surface area (Å²) in [6.45, 7) is 0.469. The average molecular weight is 439 g/mol. The van der Waals surface area contributed by atoms with Crippen LogP contribution in [-0.4, -0.2) is 48.4 Å². The highest BCUT2D eigenvalue weighted by atomic mass is 16.7. The zero-order chi connectivity index (χ0) is 22.7. The van der Waals surface area contributed by atoms with Crippen LogP contribution >= 0.6 is 0 Å². The van der Waals surface area contributed by atoms with E-state index in [9.17, 15) is 9.90 Å². The molecule has 1 aromatic heterocycles. The third-order valence-electron chi connectivity index (χ3n) is 5.28. The van der Waals surface area contributed by atoms with E-state index in [1.807, 2.05) is 6.07 Å². The van der Waals surface area contributed by atoms with Gasteiger partial charge in [-0.25, -0.2) is 0 Å². The highest BCUT2D eigenvalue weighted by Gasteiger charge is 2.19. The van der Waals surface area contributed by atoms with Gasteiger partial charge in [0.25, 0.3) is 5.91 Å². The van der Waals surface area contributed by atoms with Gasteiger partial charge in [0, 0.05) is 19.2 Å². The number of carbonyl (C=O) groups excluding carboxylic acids is 1. The van der Waals surface area contributed by atoms with Gasteiger partial charge in [-0.1, -0.05) is 6.07 Å². The van der Waals surface area contributed by atoms with Crippen molar-refractivity contribution in [1.29, 1.82) is 0 Å². The van der Waals surface area contributed by atoms with Crippen molar-refractivity contribution in [2.75, 3.05) is 27.6 Å². The van der Waals surface area contributed by atoms with Crippen LogP contribution in [0, 0.1) is 0 Å². The number of aromatic nitrogens is 2. The van der Waals surface area contributed by atoms with Crippen LogP contribution in [0.15, 0.2) is 42.5 Å². The maximum atomic E-state index is 12.7. The van der Waals surface area contributed by atoms with Gasteiger partial charge in [-0.3, -0.25) is 9.48 Å². The molecule has 3 aromatic rings. The second-order valence-corrected chi connectivity index (χ2v) is 7.28. The van der Waals surface area contributed by atoms with Crippen molar-refractivity contribution >= 4 is 5.91 Å². The zero-order valence-electron chi connectivity index (χ0n) is 18.1. The number of fused-ring (bicyclic) bond motifs is 1. The Hall–Kier alpha value is -3.72. The molecule has 0 aliphatic carbocycles. The second-order valence-electron chi connectivity index (χ2n) is 7.28. The molecule has 4 rings (SSSR count). The summed E-state index contributed by atoms with van der Waals surface area (Å²) in [5.74, 6) is 2.28. The molecule has 2 heterocycles. The standard InChI is InChI=1S/C23H25N3O6/c1-26-18(12-17(25-26)16-11-15(29-2)5-7-20(16)30-3)23(28)24-9-8-19(27)14-4-6-21-22(10-14)32-13-31-21/h4-7,10-12,19,27H,8-9,13H2,1-3H3,(H,24,28)/t19-/m0/s1. The predicted octanol–water partition coefficient (Wildman–Crippen LogP) is 2.69. The molecule has 1 aliphatic heterocycles. The van der Waals surface area contributed by atoms with Crippen LogP contribution in [-0.2, 0) is 7.05 Å². The highest BCUT2D eigenvalue weighted by Crippen LogP contribution is 2.35. The number of hydrogen-bond donors (Lipinski definition) is 2. The van der Waals surface area contributed by atoms with Crippen LogP contribution in [0.5, 0.6) is 23.0 Å². The summed E-state index contributed by atoms with van der Waals surface area (Å²) in [5.41, 5.74) is 2.41. The lowest BCUT2D eigenvalue weighted by Gasteiger charge is -2.12. The van der Waals surface area contributed by atoms with Gasteiger partial charge < -0.3 is 29.4 Å². The molecule has 32 heavy (non-hydrogen) atoms. The number of aliphatic hydroxyl groups is 1. The van der Waals surface area contributed by atoms with Crippen molar-refractivity contribution in [1.82, 2.24) is 15.1 Å². The van der Waals surface area contributed by atoms with Crippen LogP contribution in [0.3, 0.4) is 0 Å². The van der Waals surface area contributed by atoms with E-state index in [1.54, 1.807) is 57.7 Å². The molecule has 0 spiro atoms. The number of carbonyl (C=O) groups is 1. The van der Waals surface area contributed by atoms with Gasteiger partial charge in [0.2, 0.25) is 6.79 Å². The summed E-state index contributed by atoms with van der Waals surface area (Å²) < 4.78 is 22.8. The number of aryl methyl sites for hydroxylation is 1. The maximum Gasteiger partial charge on any atom is 0.269 e. The molecule has 2 aromatic carbocycles. The van der Waals surface area contributed by atoms with Gasteiger partial charge in [-0.05, 0) is 48.4 Å². The number of benzene rings is 2. The molecule has 0 radical (unpaired) electrons. The first kappa shape index (κ1) is 21.5. The van der Waals surface area contributed by atoms with E-state index in [2.05, 4.69) is 10.4 Å². The fourth-order valence-corrected chi connectivity index (χ4v) is 3.53. The van der Waals surface area contributed by atoms with Gasteiger partial charge in [-0.15, -0.1) is 0 Å². The Balaban J connectivity index is 1.41. The molecule has 1 aliphatic rings. The van der Waals surface area contributed by atoms with E-state index in [-0.39, 0.29) is 19.2 Å². The van der Waals surface area contributed by atoms with Crippen molar-refractivity contribution in [2.45, 2.75) is 12.5 Å². The lowest BCUT2D eigenvalue weighted by Crippen LogP contribution is -2.27. The van der Waals surface area contributed by atoms with Crippen molar-refractivity contribution in [3.8, 4) is 34.3 Å². The molecule has 9 nitrogen and oxygen atoms in total. The Morgan fingerprint density at radius 3 is 2.75 bits per heavy atom. The van der Waals surface area contributed by atoms with E-state index in [0.29, 0.717) is 46.4 Å². The number of hydrogen-bond acceptors (Lipinski definition) is 7. The highest BCUT2D eigenvalue weighted by molar-refractivity contribution is 5.94. The summed E-state index contributed by atoms with van der Waals surface area (Å²) in [7, 11) is 4.86. The molecular formula is C23H25N3O6. The van der Waals surface area contributed by atoms with Crippen molar-refractivity contribution < 1.29 is 28.8 Å². The van der Waals surface area contributed by atoms with E-state index >= 15 is 0 Å². The molecule has 2 N–H and O–H groups in total. The minimum atomic E-state index is -0.743. The summed E-state index contributed by atoms with van der Waals surface area (Å²) in [4.78, 5) is 12.7. The summed E-state index contributed by atoms with van der Waals surface area (Å²) >= 11 is 0. The minimum Gasteiger partial charge on any atom is -0.497 e. The Morgan fingerprint density at radius 2 is 1.97 bits per heavy atom. The fraction of sp³-hybridized carbons (Fsp3) is 0.304. The quantitative estimate of drug-likeness (QED) is 0.556. The molecule has 1 atom stereocenters. The van der Waals surface area contributed by atoms with Crippen LogP contribution in [0.25, 0.3) is 11.3 Å². The van der Waals surface area contributed by atoms with Crippen LogP contribution in [0.1, 0.15) is 28.6 Å². The van der Waals surface area contributed by atoms with Gasteiger partial charge in [0.05, 0.1) is 26.0 Å². The van der Waals surface area contributed by atoms with Gasteiger partial charge in [0.15, 0.2) is 11.5 Å². The first-order valence-corrected chi connectivity index (χ1v) is 10.1. The first-order valence-electron chi connectivity index (χ1n) is 10.1. The van der Waals surface area contributed by atoms with E-state index in [4.69, 9.17) is 18.9 Å². The van der Waals surface area contributed by atoms with E-state index in [0.717, 1.165) is 5.56 Å². The molecule has 0 saturated carbocycles. The van der Waals surface area contributed by atoms with Crippen molar-refractivity contribution in [3.63, 3.8) is 0 Å². The number of nitrogens with zero attached hydrogens (tertiary/aromatic N) is 2. The number of aliphatic hydroxyl groups excluding tert-OH is 1. The molecule has 168 valence electrons.